The molecule has 1 N–H and O–H groups in total. The fourth-order valence-corrected chi connectivity index (χ4v) is 4.90. The molecule has 9 heteroatoms. The van der Waals surface area contributed by atoms with Crippen molar-refractivity contribution in [3.8, 4) is 5.69 Å². The summed E-state index contributed by atoms with van der Waals surface area (Å²) >= 11 is 7.35. The molecule has 1 fully saturated rings. The molecule has 3 aromatic rings. The lowest BCUT2D eigenvalue weighted by Crippen LogP contribution is -2.38. The SMILES string of the molecule is CN(C(=O)c1ccc(NC(=O)CSc2nncn2-c2cccc(Cl)c2)cc1)C1CCCCC1. The van der Waals surface area contributed by atoms with E-state index in [4.69, 9.17) is 11.6 Å². The highest BCUT2D eigenvalue weighted by Gasteiger charge is 2.23. The largest absolute Gasteiger partial charge is 0.339 e. The molecule has 0 saturated heterocycles. The second-order valence-corrected chi connectivity index (χ2v) is 9.46. The minimum absolute atomic E-state index is 0.0238. The van der Waals surface area contributed by atoms with Crippen LogP contribution in [0.1, 0.15) is 42.5 Å². The fraction of sp³-hybridized carbons (Fsp3) is 0.333. The predicted molar refractivity (Wildman–Crippen MR) is 131 cm³/mol. The van der Waals surface area contributed by atoms with Crippen LogP contribution in [0.3, 0.4) is 0 Å². The number of halogens is 1. The zero-order valence-electron chi connectivity index (χ0n) is 18.4. The first-order valence-corrected chi connectivity index (χ1v) is 12.3. The Balaban J connectivity index is 1.31. The highest BCUT2D eigenvalue weighted by molar-refractivity contribution is 7.99. The highest BCUT2D eigenvalue weighted by Crippen LogP contribution is 2.24. The zero-order chi connectivity index (χ0) is 23.2. The van der Waals surface area contributed by atoms with E-state index < -0.39 is 0 Å². The molecule has 0 unspecified atom stereocenters. The normalized spacial score (nSPS) is 14.1. The Morgan fingerprint density at radius 3 is 2.64 bits per heavy atom. The van der Waals surface area contributed by atoms with E-state index in [0.29, 0.717) is 27.5 Å². The number of benzene rings is 2. The number of hydrogen-bond donors (Lipinski definition) is 1. The molecule has 1 aliphatic carbocycles. The number of hydrogen-bond acceptors (Lipinski definition) is 5. The summed E-state index contributed by atoms with van der Waals surface area (Å²) in [5, 5.41) is 12.1. The molecule has 0 spiro atoms. The molecule has 33 heavy (non-hydrogen) atoms. The van der Waals surface area contributed by atoms with Gasteiger partial charge in [-0.05, 0) is 55.3 Å². The lowest BCUT2D eigenvalue weighted by atomic mass is 9.94. The predicted octanol–water partition coefficient (Wildman–Crippen LogP) is 5.06. The number of carbonyl (C=O) groups is 2. The first-order chi connectivity index (χ1) is 16.0. The molecule has 1 aliphatic rings. The number of nitrogens with zero attached hydrogens (tertiary/aromatic N) is 4. The third kappa shape index (κ3) is 5.94. The minimum Gasteiger partial charge on any atom is -0.339 e. The first kappa shape index (κ1) is 23.3. The average Bonchev–Trinajstić information content (AvgIpc) is 3.32. The van der Waals surface area contributed by atoms with Gasteiger partial charge in [0, 0.05) is 29.4 Å². The lowest BCUT2D eigenvalue weighted by molar-refractivity contribution is -0.113. The van der Waals surface area contributed by atoms with E-state index in [9.17, 15) is 9.59 Å². The topological polar surface area (TPSA) is 80.1 Å². The van der Waals surface area contributed by atoms with Gasteiger partial charge in [-0.15, -0.1) is 10.2 Å². The van der Waals surface area contributed by atoms with Crippen LogP contribution in [0.4, 0.5) is 5.69 Å². The number of rotatable bonds is 7. The van der Waals surface area contributed by atoms with Crippen molar-refractivity contribution >= 4 is 40.9 Å². The van der Waals surface area contributed by atoms with Crippen molar-refractivity contribution in [1.82, 2.24) is 19.7 Å². The van der Waals surface area contributed by atoms with E-state index in [0.717, 1.165) is 18.5 Å². The van der Waals surface area contributed by atoms with Crippen molar-refractivity contribution in [3.05, 3.63) is 65.4 Å². The molecule has 1 heterocycles. The van der Waals surface area contributed by atoms with Gasteiger partial charge in [-0.25, -0.2) is 0 Å². The van der Waals surface area contributed by atoms with Crippen LogP contribution in [-0.4, -0.2) is 50.3 Å². The highest BCUT2D eigenvalue weighted by atomic mass is 35.5. The summed E-state index contributed by atoms with van der Waals surface area (Å²) in [6, 6.07) is 14.7. The van der Waals surface area contributed by atoms with Gasteiger partial charge in [-0.2, -0.15) is 0 Å². The van der Waals surface area contributed by atoms with Gasteiger partial charge in [0.15, 0.2) is 5.16 Å². The molecule has 0 bridgehead atoms. The van der Waals surface area contributed by atoms with E-state index in [1.165, 1.54) is 31.0 Å². The van der Waals surface area contributed by atoms with Crippen molar-refractivity contribution in [2.24, 2.45) is 0 Å². The second-order valence-electron chi connectivity index (χ2n) is 8.09. The van der Waals surface area contributed by atoms with Gasteiger partial charge in [-0.1, -0.05) is 48.7 Å². The summed E-state index contributed by atoms with van der Waals surface area (Å²) in [7, 11) is 1.88. The Hall–Kier alpha value is -2.84. The maximum absolute atomic E-state index is 12.8. The molecule has 0 radical (unpaired) electrons. The van der Waals surface area contributed by atoms with Crippen LogP contribution in [0.15, 0.2) is 60.0 Å². The summed E-state index contributed by atoms with van der Waals surface area (Å²) in [6.45, 7) is 0. The summed E-state index contributed by atoms with van der Waals surface area (Å²) in [5.41, 5.74) is 2.10. The van der Waals surface area contributed by atoms with Crippen LogP contribution >= 0.6 is 23.4 Å². The van der Waals surface area contributed by atoms with E-state index in [1.54, 1.807) is 41.2 Å². The van der Waals surface area contributed by atoms with Crippen molar-refractivity contribution in [1.29, 1.82) is 0 Å². The van der Waals surface area contributed by atoms with Crippen molar-refractivity contribution < 1.29 is 9.59 Å². The Bertz CT molecular complexity index is 1110. The summed E-state index contributed by atoms with van der Waals surface area (Å²) < 4.78 is 1.78. The van der Waals surface area contributed by atoms with Crippen LogP contribution in [0, 0.1) is 0 Å². The quantitative estimate of drug-likeness (QED) is 0.475. The van der Waals surface area contributed by atoms with Gasteiger partial charge in [0.25, 0.3) is 5.91 Å². The molecular formula is C24H26ClN5O2S. The van der Waals surface area contributed by atoms with E-state index in [1.807, 2.05) is 30.1 Å². The van der Waals surface area contributed by atoms with Crippen molar-refractivity contribution in [2.75, 3.05) is 18.1 Å². The van der Waals surface area contributed by atoms with Crippen LogP contribution in [0.5, 0.6) is 0 Å². The molecule has 1 saturated carbocycles. The van der Waals surface area contributed by atoms with Crippen LogP contribution in [-0.2, 0) is 4.79 Å². The van der Waals surface area contributed by atoms with Gasteiger partial charge in [-0.3, -0.25) is 14.2 Å². The molecule has 1 aromatic heterocycles. The van der Waals surface area contributed by atoms with Crippen LogP contribution in [0.2, 0.25) is 5.02 Å². The van der Waals surface area contributed by atoms with Gasteiger partial charge in [0.1, 0.15) is 6.33 Å². The van der Waals surface area contributed by atoms with Gasteiger partial charge < -0.3 is 10.2 Å². The number of aromatic nitrogens is 3. The van der Waals surface area contributed by atoms with E-state index in [-0.39, 0.29) is 17.6 Å². The number of nitrogens with one attached hydrogen (secondary N) is 1. The van der Waals surface area contributed by atoms with Gasteiger partial charge in [0.05, 0.1) is 11.4 Å². The number of carbonyl (C=O) groups excluding carboxylic acids is 2. The number of thioether (sulfide) groups is 1. The molecular weight excluding hydrogens is 458 g/mol. The molecule has 0 aliphatic heterocycles. The summed E-state index contributed by atoms with van der Waals surface area (Å²) in [5.74, 6) is 0.0272. The maximum atomic E-state index is 12.8. The summed E-state index contributed by atoms with van der Waals surface area (Å²) in [4.78, 5) is 27.1. The zero-order valence-corrected chi connectivity index (χ0v) is 20.0. The molecule has 2 amide bonds. The Morgan fingerprint density at radius 1 is 1.15 bits per heavy atom. The molecule has 4 rings (SSSR count). The number of amides is 2. The average molecular weight is 484 g/mol. The lowest BCUT2D eigenvalue weighted by Gasteiger charge is -2.31. The first-order valence-electron chi connectivity index (χ1n) is 11.0. The fourth-order valence-electron chi connectivity index (χ4n) is 3.99. The van der Waals surface area contributed by atoms with E-state index >= 15 is 0 Å². The van der Waals surface area contributed by atoms with Crippen LogP contribution in [0.25, 0.3) is 5.69 Å². The number of anilines is 1. The van der Waals surface area contributed by atoms with Gasteiger partial charge in [0.2, 0.25) is 5.91 Å². The molecule has 0 atom stereocenters. The van der Waals surface area contributed by atoms with Crippen LogP contribution < -0.4 is 5.32 Å². The van der Waals surface area contributed by atoms with Crippen molar-refractivity contribution in [3.63, 3.8) is 0 Å². The second kappa shape index (κ2) is 10.9. The summed E-state index contributed by atoms with van der Waals surface area (Å²) in [6.07, 6.45) is 7.34. The Kier molecular flexibility index (Phi) is 7.67. The minimum atomic E-state index is -0.168. The third-order valence-corrected chi connectivity index (χ3v) is 6.97. The van der Waals surface area contributed by atoms with E-state index in [2.05, 4.69) is 15.5 Å². The molecule has 2 aromatic carbocycles. The molecule has 7 nitrogen and oxygen atoms in total. The maximum Gasteiger partial charge on any atom is 0.253 e. The standard InChI is InChI=1S/C24H26ClN5O2S/c1-29(20-7-3-2-4-8-20)23(32)17-10-12-19(13-11-17)27-22(31)15-33-24-28-26-16-30(24)21-9-5-6-18(25)14-21/h5-6,9-14,16,20H,2-4,7-8,15H2,1H3,(H,27,31). The molecule has 172 valence electrons. The Morgan fingerprint density at radius 2 is 1.91 bits per heavy atom. The van der Waals surface area contributed by atoms with Crippen molar-refractivity contribution in [2.45, 2.75) is 43.3 Å². The smallest absolute Gasteiger partial charge is 0.253 e. The van der Waals surface area contributed by atoms with Gasteiger partial charge >= 0.3 is 0 Å². The third-order valence-electron chi connectivity index (χ3n) is 5.79. The monoisotopic (exact) mass is 483 g/mol. The Labute approximate surface area is 202 Å².